The Kier molecular flexibility index (Phi) is 4.46. The largest absolute Gasteiger partial charge is 0.338 e. The van der Waals surface area contributed by atoms with Gasteiger partial charge in [0, 0.05) is 24.4 Å². The lowest BCUT2D eigenvalue weighted by Gasteiger charge is -2.31. The van der Waals surface area contributed by atoms with Crippen molar-refractivity contribution in [3.05, 3.63) is 39.7 Å². The lowest BCUT2D eigenvalue weighted by atomic mass is 9.92. The molecule has 0 radical (unpaired) electrons. The first-order valence-electron chi connectivity index (χ1n) is 9.27. The molecule has 0 unspecified atom stereocenters. The minimum atomic E-state index is -0.0296. The summed E-state index contributed by atoms with van der Waals surface area (Å²) < 4.78 is 1.88. The molecule has 0 N–H and O–H groups in total. The summed E-state index contributed by atoms with van der Waals surface area (Å²) in [4.78, 5) is 19.6. The van der Waals surface area contributed by atoms with Crippen LogP contribution in [0.25, 0.3) is 5.65 Å². The van der Waals surface area contributed by atoms with E-state index in [2.05, 4.69) is 36.0 Å². The molecule has 142 valence electrons. The zero-order chi connectivity index (χ0) is 19.2. The summed E-state index contributed by atoms with van der Waals surface area (Å²) in [6.45, 7) is 9.77. The molecule has 0 aliphatic carbocycles. The maximum absolute atomic E-state index is 12.7. The average Bonchev–Trinajstić information content (AvgIpc) is 3.26. The van der Waals surface area contributed by atoms with Gasteiger partial charge in [-0.05, 0) is 31.9 Å². The van der Waals surface area contributed by atoms with Crippen LogP contribution >= 0.6 is 11.3 Å². The Morgan fingerprint density at radius 1 is 1.19 bits per heavy atom. The predicted molar refractivity (Wildman–Crippen MR) is 104 cm³/mol. The van der Waals surface area contributed by atoms with Crippen molar-refractivity contribution in [3.8, 4) is 0 Å². The van der Waals surface area contributed by atoms with Crippen LogP contribution in [0.3, 0.4) is 0 Å². The normalized spacial score (nSPS) is 16.2. The van der Waals surface area contributed by atoms with E-state index in [0.29, 0.717) is 13.1 Å². The number of hydrogen-bond donors (Lipinski definition) is 0. The van der Waals surface area contributed by atoms with Gasteiger partial charge in [-0.25, -0.2) is 4.98 Å². The Morgan fingerprint density at radius 2 is 1.93 bits per heavy atom. The number of aryl methyl sites for hydroxylation is 1. The standard InChI is InChI=1S/C19H24N6OS/c1-12-16(27-11-20-12)18(26)24-9-7-13(8-10-24)17-22-21-15-6-5-14(19(2,3)4)23-25(15)17/h5-6,11,13H,7-10H2,1-4H3. The second-order valence-corrected chi connectivity index (χ2v) is 8.98. The number of hydrogen-bond acceptors (Lipinski definition) is 6. The lowest BCUT2D eigenvalue weighted by molar-refractivity contribution is 0.0714. The van der Waals surface area contributed by atoms with Crippen LogP contribution in [0.5, 0.6) is 0 Å². The fourth-order valence-electron chi connectivity index (χ4n) is 3.45. The van der Waals surface area contributed by atoms with Crippen molar-refractivity contribution in [2.45, 2.75) is 51.9 Å². The molecule has 7 nitrogen and oxygen atoms in total. The highest BCUT2D eigenvalue weighted by molar-refractivity contribution is 7.11. The molecule has 1 aliphatic rings. The van der Waals surface area contributed by atoms with Gasteiger partial charge in [0.05, 0.1) is 16.9 Å². The van der Waals surface area contributed by atoms with Crippen LogP contribution in [-0.2, 0) is 5.41 Å². The van der Waals surface area contributed by atoms with Crippen molar-refractivity contribution in [2.24, 2.45) is 0 Å². The fraction of sp³-hybridized carbons (Fsp3) is 0.526. The summed E-state index contributed by atoms with van der Waals surface area (Å²) in [5.41, 5.74) is 4.31. The minimum Gasteiger partial charge on any atom is -0.338 e. The zero-order valence-corrected chi connectivity index (χ0v) is 17.0. The van der Waals surface area contributed by atoms with E-state index in [1.807, 2.05) is 28.5 Å². The molecule has 0 spiro atoms. The molecule has 1 fully saturated rings. The molecule has 0 bridgehead atoms. The van der Waals surface area contributed by atoms with Gasteiger partial charge in [0.15, 0.2) is 11.5 Å². The van der Waals surface area contributed by atoms with E-state index in [-0.39, 0.29) is 17.2 Å². The highest BCUT2D eigenvalue weighted by Gasteiger charge is 2.29. The van der Waals surface area contributed by atoms with E-state index in [0.717, 1.165) is 40.6 Å². The first-order chi connectivity index (χ1) is 12.8. The first kappa shape index (κ1) is 18.0. The molecule has 1 saturated heterocycles. The average molecular weight is 385 g/mol. The Labute approximate surface area is 162 Å². The van der Waals surface area contributed by atoms with E-state index in [4.69, 9.17) is 5.10 Å². The van der Waals surface area contributed by atoms with E-state index >= 15 is 0 Å². The number of likely N-dealkylation sites (tertiary alicyclic amines) is 1. The van der Waals surface area contributed by atoms with Gasteiger partial charge in [-0.1, -0.05) is 20.8 Å². The van der Waals surface area contributed by atoms with E-state index in [9.17, 15) is 4.79 Å². The van der Waals surface area contributed by atoms with E-state index in [1.54, 1.807) is 5.51 Å². The Hall–Kier alpha value is -2.35. The summed E-state index contributed by atoms with van der Waals surface area (Å²) in [6, 6.07) is 4.00. The number of thiazole rings is 1. The minimum absolute atomic E-state index is 0.0296. The molecule has 0 saturated carbocycles. The highest BCUT2D eigenvalue weighted by Crippen LogP contribution is 2.29. The number of rotatable bonds is 2. The van der Waals surface area contributed by atoms with Crippen molar-refractivity contribution in [3.63, 3.8) is 0 Å². The molecule has 4 rings (SSSR count). The third kappa shape index (κ3) is 3.34. The number of carbonyl (C=O) groups excluding carboxylic acids is 1. The second-order valence-electron chi connectivity index (χ2n) is 8.13. The van der Waals surface area contributed by atoms with Gasteiger partial charge >= 0.3 is 0 Å². The smallest absolute Gasteiger partial charge is 0.265 e. The predicted octanol–water partition coefficient (Wildman–Crippen LogP) is 3.21. The van der Waals surface area contributed by atoms with Gasteiger partial charge in [0.25, 0.3) is 5.91 Å². The molecule has 0 atom stereocenters. The monoisotopic (exact) mass is 384 g/mol. The van der Waals surface area contributed by atoms with Crippen LogP contribution in [0, 0.1) is 6.92 Å². The third-order valence-corrected chi connectivity index (χ3v) is 6.06. The zero-order valence-electron chi connectivity index (χ0n) is 16.1. The van der Waals surface area contributed by atoms with Crippen LogP contribution in [0.4, 0.5) is 0 Å². The molecular weight excluding hydrogens is 360 g/mol. The van der Waals surface area contributed by atoms with Gasteiger partial charge in [-0.3, -0.25) is 4.79 Å². The lowest BCUT2D eigenvalue weighted by Crippen LogP contribution is -2.38. The van der Waals surface area contributed by atoms with Crippen molar-refractivity contribution in [1.82, 2.24) is 29.7 Å². The first-order valence-corrected chi connectivity index (χ1v) is 10.1. The van der Waals surface area contributed by atoms with Crippen molar-refractivity contribution < 1.29 is 4.79 Å². The van der Waals surface area contributed by atoms with Crippen molar-refractivity contribution in [2.75, 3.05) is 13.1 Å². The number of piperidine rings is 1. The van der Waals surface area contributed by atoms with Gasteiger partial charge in [0.1, 0.15) is 4.88 Å². The van der Waals surface area contributed by atoms with Gasteiger partial charge in [-0.15, -0.1) is 21.5 Å². The molecule has 4 heterocycles. The van der Waals surface area contributed by atoms with Crippen molar-refractivity contribution >= 4 is 22.9 Å². The summed E-state index contributed by atoms with van der Waals surface area (Å²) in [5, 5.41) is 13.5. The number of nitrogens with zero attached hydrogens (tertiary/aromatic N) is 6. The van der Waals surface area contributed by atoms with E-state index < -0.39 is 0 Å². The quantitative estimate of drug-likeness (QED) is 0.678. The molecule has 3 aromatic heterocycles. The van der Waals surface area contributed by atoms with Crippen LogP contribution in [0.15, 0.2) is 17.6 Å². The maximum Gasteiger partial charge on any atom is 0.265 e. The summed E-state index contributed by atoms with van der Waals surface area (Å²) in [7, 11) is 0. The molecule has 1 aliphatic heterocycles. The topological polar surface area (TPSA) is 76.3 Å². The number of aromatic nitrogens is 5. The third-order valence-electron chi connectivity index (χ3n) is 5.14. The summed E-state index contributed by atoms with van der Waals surface area (Å²) in [6.07, 6.45) is 1.73. The molecule has 8 heteroatoms. The van der Waals surface area contributed by atoms with Gasteiger partial charge in [-0.2, -0.15) is 9.61 Å². The number of amides is 1. The van der Waals surface area contributed by atoms with E-state index in [1.165, 1.54) is 11.3 Å². The molecular formula is C19H24N6OS. The summed E-state index contributed by atoms with van der Waals surface area (Å²) >= 11 is 1.42. The van der Waals surface area contributed by atoms with Crippen LogP contribution in [0.2, 0.25) is 0 Å². The van der Waals surface area contributed by atoms with Gasteiger partial charge in [0.2, 0.25) is 0 Å². The molecule has 1 amide bonds. The van der Waals surface area contributed by atoms with Crippen molar-refractivity contribution in [1.29, 1.82) is 0 Å². The highest BCUT2D eigenvalue weighted by atomic mass is 32.1. The second kappa shape index (κ2) is 6.67. The number of fused-ring (bicyclic) bond motifs is 1. The van der Waals surface area contributed by atoms with Gasteiger partial charge < -0.3 is 4.90 Å². The molecule has 3 aromatic rings. The Balaban J connectivity index is 1.53. The van der Waals surface area contributed by atoms with Crippen LogP contribution in [0.1, 0.15) is 66.4 Å². The fourth-order valence-corrected chi connectivity index (χ4v) is 4.22. The SMILES string of the molecule is Cc1ncsc1C(=O)N1CCC(c2nnc3ccc(C(C)(C)C)nn23)CC1. The summed E-state index contributed by atoms with van der Waals surface area (Å²) in [5.74, 6) is 1.25. The Morgan fingerprint density at radius 3 is 2.56 bits per heavy atom. The maximum atomic E-state index is 12.7. The molecule has 27 heavy (non-hydrogen) atoms. The van der Waals surface area contributed by atoms with Crippen LogP contribution in [-0.4, -0.2) is 48.7 Å². The molecule has 0 aromatic carbocycles. The number of carbonyl (C=O) groups is 1. The Bertz CT molecular complexity index is 978. The van der Waals surface area contributed by atoms with Crippen LogP contribution < -0.4 is 0 Å².